The van der Waals surface area contributed by atoms with Crippen molar-refractivity contribution in [2.75, 3.05) is 23.9 Å². The van der Waals surface area contributed by atoms with Crippen LogP contribution < -0.4 is 15.0 Å². The summed E-state index contributed by atoms with van der Waals surface area (Å²) in [6.45, 7) is 3.50. The minimum Gasteiger partial charge on any atom is -0.497 e. The number of ether oxygens (including phenoxy) is 1. The molecule has 1 aliphatic rings. The minimum atomic E-state index is -0.463. The van der Waals surface area contributed by atoms with Crippen molar-refractivity contribution in [3.63, 3.8) is 0 Å². The Morgan fingerprint density at radius 2 is 2.00 bits per heavy atom. The van der Waals surface area contributed by atoms with Crippen molar-refractivity contribution in [3.05, 3.63) is 34.8 Å². The van der Waals surface area contributed by atoms with Gasteiger partial charge in [-0.05, 0) is 31.2 Å². The highest BCUT2D eigenvalue weighted by Gasteiger charge is 2.35. The number of nitrogens with zero attached hydrogens (tertiary/aromatic N) is 2. The summed E-state index contributed by atoms with van der Waals surface area (Å²) < 4.78 is 5.12. The molecule has 2 heterocycles. The third kappa shape index (κ3) is 3.60. The Balaban J connectivity index is 1.68. The van der Waals surface area contributed by atoms with Gasteiger partial charge in [0.25, 0.3) is 0 Å². The van der Waals surface area contributed by atoms with Gasteiger partial charge in [-0.25, -0.2) is 4.98 Å². The zero-order valence-corrected chi connectivity index (χ0v) is 15.6. The number of aromatic nitrogens is 1. The SMILES string of the molecule is COc1ccc(N2CC(C(=O)Nc3nc(C)c(C(C)=O)s3)CC2=O)cc1. The van der Waals surface area contributed by atoms with Crippen LogP contribution in [0.1, 0.15) is 28.7 Å². The Morgan fingerprint density at radius 1 is 1.31 bits per heavy atom. The summed E-state index contributed by atoms with van der Waals surface area (Å²) >= 11 is 1.15. The predicted molar refractivity (Wildman–Crippen MR) is 98.9 cm³/mol. The number of anilines is 2. The molecular weight excluding hydrogens is 354 g/mol. The smallest absolute Gasteiger partial charge is 0.231 e. The Morgan fingerprint density at radius 3 is 2.58 bits per heavy atom. The fraction of sp³-hybridized carbons (Fsp3) is 0.333. The van der Waals surface area contributed by atoms with Gasteiger partial charge in [-0.2, -0.15) is 0 Å². The molecule has 0 spiro atoms. The Labute approximate surface area is 155 Å². The van der Waals surface area contributed by atoms with Gasteiger partial charge in [0.2, 0.25) is 11.8 Å². The average Bonchev–Trinajstić information content (AvgIpc) is 3.18. The number of ketones is 1. The molecule has 0 aliphatic carbocycles. The van der Waals surface area contributed by atoms with Crippen molar-refractivity contribution in [1.29, 1.82) is 0 Å². The van der Waals surface area contributed by atoms with Crippen LogP contribution in [0.15, 0.2) is 24.3 Å². The Bertz CT molecular complexity index is 860. The van der Waals surface area contributed by atoms with E-state index in [4.69, 9.17) is 4.74 Å². The third-order valence-electron chi connectivity index (χ3n) is 4.23. The van der Waals surface area contributed by atoms with Gasteiger partial charge in [-0.3, -0.25) is 14.4 Å². The fourth-order valence-electron chi connectivity index (χ4n) is 2.88. The summed E-state index contributed by atoms with van der Waals surface area (Å²) in [5, 5.41) is 3.11. The molecule has 0 radical (unpaired) electrons. The van der Waals surface area contributed by atoms with Crippen molar-refractivity contribution in [3.8, 4) is 5.75 Å². The molecule has 1 atom stereocenters. The second-order valence-electron chi connectivity index (χ2n) is 6.08. The number of carbonyl (C=O) groups is 3. The highest BCUT2D eigenvalue weighted by atomic mass is 32.1. The molecule has 1 aromatic carbocycles. The summed E-state index contributed by atoms with van der Waals surface area (Å²) in [4.78, 5) is 42.6. The van der Waals surface area contributed by atoms with E-state index < -0.39 is 5.92 Å². The number of amides is 2. The largest absolute Gasteiger partial charge is 0.497 e. The highest BCUT2D eigenvalue weighted by Crippen LogP contribution is 2.29. The van der Waals surface area contributed by atoms with E-state index in [0.29, 0.717) is 28.0 Å². The molecule has 7 nitrogen and oxygen atoms in total. The van der Waals surface area contributed by atoms with E-state index in [2.05, 4.69) is 10.3 Å². The minimum absolute atomic E-state index is 0.0813. The summed E-state index contributed by atoms with van der Waals surface area (Å²) in [7, 11) is 1.58. The maximum absolute atomic E-state index is 12.5. The van der Waals surface area contributed by atoms with E-state index in [1.807, 2.05) is 0 Å². The van der Waals surface area contributed by atoms with Crippen LogP contribution in [0.4, 0.5) is 10.8 Å². The van der Waals surface area contributed by atoms with Crippen LogP contribution in [0.2, 0.25) is 0 Å². The summed E-state index contributed by atoms with van der Waals surface area (Å²) in [6, 6.07) is 7.13. The molecule has 1 saturated heterocycles. The number of methoxy groups -OCH3 is 1. The molecule has 26 heavy (non-hydrogen) atoms. The van der Waals surface area contributed by atoms with Crippen molar-refractivity contribution < 1.29 is 19.1 Å². The standard InChI is InChI=1S/C18H19N3O4S/c1-10-16(11(2)22)26-18(19-10)20-17(24)12-8-15(23)21(9-12)13-4-6-14(25-3)7-5-13/h4-7,12H,8-9H2,1-3H3,(H,19,20,24). The molecule has 1 aliphatic heterocycles. The zero-order chi connectivity index (χ0) is 18.8. The van der Waals surface area contributed by atoms with Crippen LogP contribution in [0.25, 0.3) is 0 Å². The van der Waals surface area contributed by atoms with Gasteiger partial charge in [0.05, 0.1) is 23.6 Å². The van der Waals surface area contributed by atoms with Gasteiger partial charge in [0, 0.05) is 25.6 Å². The number of carbonyl (C=O) groups excluding carboxylic acids is 3. The number of rotatable bonds is 5. The van der Waals surface area contributed by atoms with Gasteiger partial charge in [-0.1, -0.05) is 11.3 Å². The lowest BCUT2D eigenvalue weighted by Crippen LogP contribution is -2.28. The van der Waals surface area contributed by atoms with Crippen LogP contribution in [0.5, 0.6) is 5.75 Å². The molecule has 3 rings (SSSR count). The lowest BCUT2D eigenvalue weighted by molar-refractivity contribution is -0.122. The van der Waals surface area contributed by atoms with Gasteiger partial charge in [0.1, 0.15) is 5.75 Å². The first-order valence-corrected chi connectivity index (χ1v) is 8.94. The first kappa shape index (κ1) is 18.1. The third-order valence-corrected chi connectivity index (χ3v) is 5.40. The van der Waals surface area contributed by atoms with Crippen molar-refractivity contribution in [2.24, 2.45) is 5.92 Å². The average molecular weight is 373 g/mol. The Hall–Kier alpha value is -2.74. The maximum atomic E-state index is 12.5. The van der Waals surface area contributed by atoms with Gasteiger partial charge < -0.3 is 15.0 Å². The number of aryl methyl sites for hydroxylation is 1. The summed E-state index contributed by atoms with van der Waals surface area (Å²) in [5.41, 5.74) is 1.33. The lowest BCUT2D eigenvalue weighted by atomic mass is 10.1. The molecule has 1 N–H and O–H groups in total. The van der Waals surface area contributed by atoms with Crippen LogP contribution in [-0.4, -0.2) is 36.2 Å². The van der Waals surface area contributed by atoms with Crippen LogP contribution in [0.3, 0.4) is 0 Å². The normalized spacial score (nSPS) is 16.7. The quantitative estimate of drug-likeness (QED) is 0.814. The van der Waals surface area contributed by atoms with E-state index in [1.165, 1.54) is 6.92 Å². The predicted octanol–water partition coefficient (Wildman–Crippen LogP) is 2.65. The fourth-order valence-corrected chi connectivity index (χ4v) is 3.74. The zero-order valence-electron chi connectivity index (χ0n) is 14.7. The summed E-state index contributed by atoms with van der Waals surface area (Å²) in [6.07, 6.45) is 0.141. The second-order valence-corrected chi connectivity index (χ2v) is 7.08. The lowest BCUT2D eigenvalue weighted by Gasteiger charge is -2.16. The van der Waals surface area contributed by atoms with Crippen molar-refractivity contribution in [2.45, 2.75) is 20.3 Å². The summed E-state index contributed by atoms with van der Waals surface area (Å²) in [5.74, 6) is -0.208. The molecule has 2 amide bonds. The van der Waals surface area contributed by atoms with Crippen LogP contribution in [0, 0.1) is 12.8 Å². The molecular formula is C18H19N3O4S. The number of thiazole rings is 1. The molecule has 0 saturated carbocycles. The maximum Gasteiger partial charge on any atom is 0.231 e. The van der Waals surface area contributed by atoms with E-state index in [-0.39, 0.29) is 24.0 Å². The van der Waals surface area contributed by atoms with Crippen LogP contribution in [-0.2, 0) is 9.59 Å². The molecule has 2 aromatic rings. The number of benzene rings is 1. The van der Waals surface area contributed by atoms with E-state index in [1.54, 1.807) is 43.2 Å². The van der Waals surface area contributed by atoms with Gasteiger partial charge in [0.15, 0.2) is 10.9 Å². The monoisotopic (exact) mass is 373 g/mol. The van der Waals surface area contributed by atoms with E-state index in [9.17, 15) is 14.4 Å². The number of hydrogen-bond donors (Lipinski definition) is 1. The first-order valence-electron chi connectivity index (χ1n) is 8.12. The molecule has 8 heteroatoms. The second kappa shape index (κ2) is 7.25. The van der Waals surface area contributed by atoms with Crippen molar-refractivity contribution >= 4 is 39.8 Å². The van der Waals surface area contributed by atoms with E-state index >= 15 is 0 Å². The molecule has 1 unspecified atom stereocenters. The van der Waals surface area contributed by atoms with Gasteiger partial charge in [-0.15, -0.1) is 0 Å². The highest BCUT2D eigenvalue weighted by molar-refractivity contribution is 7.17. The molecule has 1 fully saturated rings. The first-order chi connectivity index (χ1) is 12.4. The Kier molecular flexibility index (Phi) is 5.03. The number of Topliss-reactive ketones (excluding diaryl/α,β-unsaturated/α-hetero) is 1. The molecule has 136 valence electrons. The van der Waals surface area contributed by atoms with E-state index in [0.717, 1.165) is 17.0 Å². The van der Waals surface area contributed by atoms with Crippen molar-refractivity contribution in [1.82, 2.24) is 4.98 Å². The molecule has 1 aromatic heterocycles. The number of hydrogen-bond acceptors (Lipinski definition) is 6. The van der Waals surface area contributed by atoms with Gasteiger partial charge >= 0.3 is 0 Å². The molecule has 0 bridgehead atoms. The van der Waals surface area contributed by atoms with Crippen LogP contribution >= 0.6 is 11.3 Å². The number of nitrogens with one attached hydrogen (secondary N) is 1. The topological polar surface area (TPSA) is 88.6 Å².